The molecule has 1 aromatic carbocycles. The lowest BCUT2D eigenvalue weighted by atomic mass is 9.97. The van der Waals surface area contributed by atoms with Crippen molar-refractivity contribution in [2.45, 2.75) is 33.2 Å². The minimum absolute atomic E-state index is 0.0648. The molecular weight excluding hydrogens is 335 g/mol. The molecule has 1 N–H and O–H groups in total. The van der Waals surface area contributed by atoms with Gasteiger partial charge in [-0.05, 0) is 38.8 Å². The van der Waals surface area contributed by atoms with Gasteiger partial charge in [0.15, 0.2) is 5.96 Å². The average molecular weight is 360 g/mol. The van der Waals surface area contributed by atoms with E-state index in [1.807, 2.05) is 19.9 Å². The van der Waals surface area contributed by atoms with Crippen LogP contribution in [0.4, 0.5) is 4.39 Å². The molecule has 26 heavy (non-hydrogen) atoms. The number of likely N-dealkylation sites (tertiary alicyclic amines) is 1. The lowest BCUT2D eigenvalue weighted by Gasteiger charge is -2.33. The van der Waals surface area contributed by atoms with Crippen molar-refractivity contribution in [1.82, 2.24) is 10.2 Å². The van der Waals surface area contributed by atoms with Gasteiger partial charge < -0.3 is 15.0 Å². The topological polar surface area (TPSA) is 77.7 Å². The third-order valence-electron chi connectivity index (χ3n) is 4.33. The zero-order valence-electron chi connectivity index (χ0n) is 15.3. The van der Waals surface area contributed by atoms with Gasteiger partial charge in [0.25, 0.3) is 0 Å². The molecule has 0 atom stereocenters. The number of nitrogens with one attached hydrogen (secondary N) is 1. The number of hydrogen-bond donors (Lipinski definition) is 1. The van der Waals surface area contributed by atoms with Gasteiger partial charge >= 0.3 is 5.97 Å². The van der Waals surface area contributed by atoms with Gasteiger partial charge in [0.05, 0.1) is 30.7 Å². The number of carbonyl (C=O) groups excluding carboxylic acids is 1. The number of nitrogens with zero attached hydrogens (tertiary/aromatic N) is 3. The first-order valence-corrected chi connectivity index (χ1v) is 8.97. The Kier molecular flexibility index (Phi) is 7.39. The Morgan fingerprint density at radius 1 is 1.42 bits per heavy atom. The minimum atomic E-state index is -0.426. The molecule has 1 heterocycles. The number of halogens is 1. The van der Waals surface area contributed by atoms with E-state index in [0.717, 1.165) is 0 Å². The smallest absolute Gasteiger partial charge is 0.309 e. The number of aliphatic imine (C=N–C) groups is 1. The standard InChI is InChI=1S/C19H25FN4O2/c1-3-22-19(23-13-16-6-5-14(12-21)11-17(16)20)24-9-7-15(8-10-24)18(25)26-4-2/h5-6,11,15H,3-4,7-10,13H2,1-2H3,(H,22,23). The van der Waals surface area contributed by atoms with Crippen molar-refractivity contribution in [1.29, 1.82) is 5.26 Å². The van der Waals surface area contributed by atoms with Crippen LogP contribution in [0, 0.1) is 23.1 Å². The quantitative estimate of drug-likeness (QED) is 0.496. The van der Waals surface area contributed by atoms with E-state index in [0.29, 0.717) is 56.2 Å². The van der Waals surface area contributed by atoms with Crippen molar-refractivity contribution in [3.05, 3.63) is 35.1 Å². The summed E-state index contributed by atoms with van der Waals surface area (Å²) in [4.78, 5) is 18.5. The Labute approximate surface area is 153 Å². The summed E-state index contributed by atoms with van der Waals surface area (Å²) in [6, 6.07) is 6.32. The number of piperidine rings is 1. The Balaban J connectivity index is 2.01. The van der Waals surface area contributed by atoms with Crippen molar-refractivity contribution >= 4 is 11.9 Å². The van der Waals surface area contributed by atoms with Crippen LogP contribution in [0.15, 0.2) is 23.2 Å². The molecule has 1 saturated heterocycles. The van der Waals surface area contributed by atoms with Crippen LogP contribution in [-0.4, -0.2) is 43.1 Å². The Morgan fingerprint density at radius 3 is 2.73 bits per heavy atom. The van der Waals surface area contributed by atoms with Crippen LogP contribution in [0.3, 0.4) is 0 Å². The summed E-state index contributed by atoms with van der Waals surface area (Å²) in [6.07, 6.45) is 1.43. The van der Waals surface area contributed by atoms with Crippen LogP contribution in [0.5, 0.6) is 0 Å². The van der Waals surface area contributed by atoms with Crippen molar-refractivity contribution < 1.29 is 13.9 Å². The highest BCUT2D eigenvalue weighted by molar-refractivity contribution is 5.80. The normalized spacial score (nSPS) is 15.5. The summed E-state index contributed by atoms with van der Waals surface area (Å²) in [6.45, 7) is 6.48. The number of nitriles is 1. The van der Waals surface area contributed by atoms with Gasteiger partial charge in [-0.25, -0.2) is 9.38 Å². The zero-order chi connectivity index (χ0) is 18.9. The molecule has 0 spiro atoms. The van der Waals surface area contributed by atoms with Gasteiger partial charge in [-0.2, -0.15) is 5.26 Å². The zero-order valence-corrected chi connectivity index (χ0v) is 15.3. The molecule has 6 nitrogen and oxygen atoms in total. The molecule has 1 aromatic rings. The summed E-state index contributed by atoms with van der Waals surface area (Å²) < 4.78 is 19.1. The van der Waals surface area contributed by atoms with Gasteiger partial charge in [0.2, 0.25) is 0 Å². The highest BCUT2D eigenvalue weighted by atomic mass is 19.1. The fourth-order valence-electron chi connectivity index (χ4n) is 2.92. The number of carbonyl (C=O) groups is 1. The molecule has 0 radical (unpaired) electrons. The molecule has 1 aliphatic rings. The largest absolute Gasteiger partial charge is 0.466 e. The molecule has 2 rings (SSSR count). The van der Waals surface area contributed by atoms with Crippen LogP contribution in [-0.2, 0) is 16.1 Å². The van der Waals surface area contributed by atoms with Crippen molar-refractivity contribution in [3.63, 3.8) is 0 Å². The molecule has 0 amide bonds. The Morgan fingerprint density at radius 2 is 2.15 bits per heavy atom. The van der Waals surface area contributed by atoms with Gasteiger partial charge in [0, 0.05) is 25.2 Å². The first kappa shape index (κ1) is 19.7. The second-order valence-corrected chi connectivity index (χ2v) is 6.10. The van der Waals surface area contributed by atoms with E-state index < -0.39 is 5.82 Å². The number of guanidine groups is 1. The van der Waals surface area contributed by atoms with Crippen molar-refractivity contribution in [2.24, 2.45) is 10.9 Å². The second kappa shape index (κ2) is 9.76. The molecule has 1 fully saturated rings. The van der Waals surface area contributed by atoms with Crippen LogP contribution in [0.2, 0.25) is 0 Å². The Bertz CT molecular complexity index is 691. The third-order valence-corrected chi connectivity index (χ3v) is 4.33. The van der Waals surface area contributed by atoms with Crippen LogP contribution in [0.25, 0.3) is 0 Å². The average Bonchev–Trinajstić information content (AvgIpc) is 2.66. The number of benzene rings is 1. The summed E-state index contributed by atoms with van der Waals surface area (Å²) >= 11 is 0. The first-order valence-electron chi connectivity index (χ1n) is 8.97. The highest BCUT2D eigenvalue weighted by Gasteiger charge is 2.27. The predicted octanol–water partition coefficient (Wildman–Crippen LogP) is 2.44. The molecule has 140 valence electrons. The van der Waals surface area contributed by atoms with Crippen molar-refractivity contribution in [2.75, 3.05) is 26.2 Å². The third kappa shape index (κ3) is 5.19. The van der Waals surface area contributed by atoms with E-state index in [4.69, 9.17) is 10.00 Å². The van der Waals surface area contributed by atoms with E-state index in [2.05, 4.69) is 15.2 Å². The van der Waals surface area contributed by atoms with Gasteiger partial charge in [-0.15, -0.1) is 0 Å². The molecule has 7 heteroatoms. The van der Waals surface area contributed by atoms with Crippen LogP contribution < -0.4 is 5.32 Å². The van der Waals surface area contributed by atoms with E-state index >= 15 is 0 Å². The SMILES string of the molecule is CCNC(=NCc1ccc(C#N)cc1F)N1CCC(C(=O)OCC)CC1. The monoisotopic (exact) mass is 360 g/mol. The number of hydrogen-bond acceptors (Lipinski definition) is 4. The van der Waals surface area contributed by atoms with Crippen LogP contribution in [0.1, 0.15) is 37.8 Å². The lowest BCUT2D eigenvalue weighted by Crippen LogP contribution is -2.46. The summed E-state index contributed by atoms with van der Waals surface area (Å²) in [7, 11) is 0. The second-order valence-electron chi connectivity index (χ2n) is 6.10. The van der Waals surface area contributed by atoms with E-state index in [1.54, 1.807) is 12.1 Å². The molecule has 0 aromatic heterocycles. The van der Waals surface area contributed by atoms with Gasteiger partial charge in [-0.3, -0.25) is 4.79 Å². The highest BCUT2D eigenvalue weighted by Crippen LogP contribution is 2.19. The molecule has 0 bridgehead atoms. The van der Waals surface area contributed by atoms with Crippen LogP contribution >= 0.6 is 0 Å². The summed E-state index contributed by atoms with van der Waals surface area (Å²) in [5, 5.41) is 12.0. The van der Waals surface area contributed by atoms with Gasteiger partial charge in [0.1, 0.15) is 5.82 Å². The summed E-state index contributed by atoms with van der Waals surface area (Å²) in [5.74, 6) is 0.0852. The number of ether oxygens (including phenoxy) is 1. The molecule has 0 saturated carbocycles. The van der Waals surface area contributed by atoms with E-state index in [9.17, 15) is 9.18 Å². The minimum Gasteiger partial charge on any atom is -0.466 e. The Hall–Kier alpha value is -2.62. The maximum Gasteiger partial charge on any atom is 0.309 e. The molecule has 0 unspecified atom stereocenters. The van der Waals surface area contributed by atoms with Crippen molar-refractivity contribution in [3.8, 4) is 6.07 Å². The maximum atomic E-state index is 14.0. The van der Waals surface area contributed by atoms with E-state index in [1.165, 1.54) is 6.07 Å². The lowest BCUT2D eigenvalue weighted by molar-refractivity contribution is -0.149. The van der Waals surface area contributed by atoms with Gasteiger partial charge in [-0.1, -0.05) is 6.07 Å². The predicted molar refractivity (Wildman–Crippen MR) is 96.9 cm³/mol. The van der Waals surface area contributed by atoms with E-state index in [-0.39, 0.29) is 18.4 Å². The first-order chi connectivity index (χ1) is 12.6. The molecular formula is C19H25FN4O2. The molecule has 1 aliphatic heterocycles. The fourth-order valence-corrected chi connectivity index (χ4v) is 2.92. The molecule has 0 aliphatic carbocycles. The number of esters is 1. The number of rotatable bonds is 5. The fraction of sp³-hybridized carbons (Fsp3) is 0.526. The maximum absolute atomic E-state index is 14.0. The summed E-state index contributed by atoms with van der Waals surface area (Å²) in [5.41, 5.74) is 0.740.